The third-order valence-corrected chi connectivity index (χ3v) is 6.20. The van der Waals surface area contributed by atoms with Crippen LogP contribution in [0, 0.1) is 5.92 Å². The molecule has 36 heavy (non-hydrogen) atoms. The molecule has 194 valence electrons. The summed E-state index contributed by atoms with van der Waals surface area (Å²) >= 11 is 0. The summed E-state index contributed by atoms with van der Waals surface area (Å²) in [5.41, 5.74) is 6.53. The van der Waals surface area contributed by atoms with Crippen molar-refractivity contribution < 1.29 is 33.4 Å². The Hall–Kier alpha value is -3.01. The van der Waals surface area contributed by atoms with Crippen molar-refractivity contribution in [2.45, 2.75) is 77.2 Å². The molecule has 3 heterocycles. The zero-order chi connectivity index (χ0) is 31.9. The zero-order valence-electron chi connectivity index (χ0n) is 27.1. The summed E-state index contributed by atoms with van der Waals surface area (Å²) in [5.74, 6) is -0.324. The molecule has 1 aromatic carbocycles. The number of nitrogens with two attached hydrogens (primary N) is 1. The maximum Gasteiger partial charge on any atom is 0.353 e. The van der Waals surface area contributed by atoms with Gasteiger partial charge in [-0.05, 0) is 30.4 Å². The summed E-state index contributed by atoms with van der Waals surface area (Å²) in [6.07, 6.45) is -6.90. The number of carbonyl (C=O) groups excluding carboxylic acids is 1. The number of ether oxygens (including phenoxy) is 2. The van der Waals surface area contributed by atoms with E-state index >= 15 is 0 Å². The van der Waals surface area contributed by atoms with Gasteiger partial charge in [-0.25, -0.2) is 4.79 Å². The van der Waals surface area contributed by atoms with E-state index in [1.165, 1.54) is 10.8 Å². The molecule has 0 amide bonds. The Kier molecular flexibility index (Phi) is 5.77. The Morgan fingerprint density at radius 2 is 2.17 bits per heavy atom. The van der Waals surface area contributed by atoms with E-state index < -0.39 is 55.7 Å². The fourth-order valence-corrected chi connectivity index (χ4v) is 3.95. The average Bonchev–Trinajstić information content (AvgIpc) is 3.51. The molecule has 0 radical (unpaired) electrons. The number of benzene rings is 1. The van der Waals surface area contributed by atoms with Crippen LogP contribution >= 0.6 is 0 Å². The first-order valence-corrected chi connectivity index (χ1v) is 11.8. The quantitative estimate of drug-likeness (QED) is 0.401. The van der Waals surface area contributed by atoms with E-state index in [1.54, 1.807) is 44.2 Å². The second kappa shape index (κ2) is 11.4. The Labute approximate surface area is 220 Å². The lowest BCUT2D eigenvalue weighted by Crippen LogP contribution is -2.39. The van der Waals surface area contributed by atoms with Gasteiger partial charge in [-0.15, -0.1) is 0 Å². The number of aliphatic hydroxyl groups is 1. The Morgan fingerprint density at radius 1 is 1.39 bits per heavy atom. The van der Waals surface area contributed by atoms with Crippen molar-refractivity contribution >= 4 is 17.1 Å². The van der Waals surface area contributed by atoms with Crippen molar-refractivity contribution in [3.8, 4) is 11.3 Å². The Morgan fingerprint density at radius 3 is 2.89 bits per heavy atom. The number of rotatable bonds is 10. The number of aryl methyl sites for hydroxylation is 1. The maximum absolute atomic E-state index is 12.8. The topological polar surface area (TPSA) is 130 Å². The molecule has 1 aliphatic rings. The first kappa shape index (κ1) is 18.3. The van der Waals surface area contributed by atoms with E-state index in [2.05, 4.69) is 4.98 Å². The molecule has 9 nitrogen and oxygen atoms in total. The van der Waals surface area contributed by atoms with Crippen LogP contribution in [-0.2, 0) is 20.7 Å². The van der Waals surface area contributed by atoms with E-state index in [1.807, 2.05) is 0 Å². The fourth-order valence-electron chi connectivity index (χ4n) is 3.95. The lowest BCUT2D eigenvalue weighted by molar-refractivity contribution is -0.152. The number of esters is 1. The number of furan rings is 1. The molecular formula is C27H35N3O6. The second-order valence-corrected chi connectivity index (χ2v) is 9.13. The van der Waals surface area contributed by atoms with E-state index in [9.17, 15) is 14.7 Å². The molecule has 9 heteroatoms. The summed E-state index contributed by atoms with van der Waals surface area (Å²) in [4.78, 5) is 28.9. The highest BCUT2D eigenvalue weighted by Crippen LogP contribution is 2.31. The summed E-state index contributed by atoms with van der Waals surface area (Å²) in [5, 5.41) is 10.9. The largest absolute Gasteiger partial charge is 0.462 e. The number of hydrogen-bond acceptors (Lipinski definition) is 8. The molecule has 3 N–H and O–H groups in total. The lowest BCUT2D eigenvalue weighted by Gasteiger charge is -2.18. The van der Waals surface area contributed by atoms with E-state index in [4.69, 9.17) is 29.2 Å². The number of carbonyl (C=O) groups is 1. The molecule has 0 saturated carbocycles. The highest BCUT2D eigenvalue weighted by molar-refractivity contribution is 5.79. The maximum atomic E-state index is 12.8. The van der Waals surface area contributed by atoms with Crippen LogP contribution in [0.3, 0.4) is 0 Å². The molecule has 1 aliphatic heterocycles. The summed E-state index contributed by atoms with van der Waals surface area (Å²) < 4.78 is 71.5. The van der Waals surface area contributed by atoms with E-state index in [0.29, 0.717) is 22.3 Å². The van der Waals surface area contributed by atoms with Crippen LogP contribution < -0.4 is 11.4 Å². The van der Waals surface area contributed by atoms with Crippen LogP contribution in [0.2, 0.25) is 0 Å². The van der Waals surface area contributed by atoms with Gasteiger partial charge in [0.05, 0.1) is 11.5 Å². The number of aliphatic hydroxyl groups excluding tert-OH is 1. The van der Waals surface area contributed by atoms with Gasteiger partial charge in [0.25, 0.3) is 0 Å². The Bertz CT molecular complexity index is 1500. The Balaban J connectivity index is 1.44. The van der Waals surface area contributed by atoms with Crippen LogP contribution in [0.4, 0.5) is 0 Å². The first-order valence-electron chi connectivity index (χ1n) is 15.3. The molecule has 0 aliphatic carbocycles. The number of nitrogens with zero attached hydrogens (tertiary/aromatic N) is 2. The normalized spacial score (nSPS) is 24.8. The predicted octanol–water partition coefficient (Wildman–Crippen LogP) is 3.56. The lowest BCUT2D eigenvalue weighted by atomic mass is 10.0. The van der Waals surface area contributed by atoms with Gasteiger partial charge in [-0.1, -0.05) is 57.7 Å². The average molecular weight is 505 g/mol. The van der Waals surface area contributed by atoms with Crippen molar-refractivity contribution in [1.29, 1.82) is 0 Å². The smallest absolute Gasteiger partial charge is 0.353 e. The van der Waals surface area contributed by atoms with Crippen molar-refractivity contribution in [3.63, 3.8) is 0 Å². The summed E-state index contributed by atoms with van der Waals surface area (Å²) in [6, 6.07) is 7.69. The zero-order valence-corrected chi connectivity index (χ0v) is 20.1. The van der Waals surface area contributed by atoms with Gasteiger partial charge in [-0.3, -0.25) is 9.36 Å². The van der Waals surface area contributed by atoms with Gasteiger partial charge in [0.1, 0.15) is 30.7 Å². The third-order valence-electron chi connectivity index (χ3n) is 6.20. The van der Waals surface area contributed by atoms with Crippen molar-refractivity contribution in [2.24, 2.45) is 11.7 Å². The monoisotopic (exact) mass is 504 g/mol. The van der Waals surface area contributed by atoms with Gasteiger partial charge in [0.2, 0.25) is 5.71 Å². The molecule has 2 aromatic heterocycles. The highest BCUT2D eigenvalue weighted by atomic mass is 16.6. The predicted molar refractivity (Wildman–Crippen MR) is 135 cm³/mol. The van der Waals surface area contributed by atoms with Gasteiger partial charge >= 0.3 is 11.7 Å². The van der Waals surface area contributed by atoms with Gasteiger partial charge in [-0.2, -0.15) is 4.98 Å². The molecule has 0 spiro atoms. The highest BCUT2D eigenvalue weighted by Gasteiger charge is 2.37. The van der Waals surface area contributed by atoms with Crippen LogP contribution in [0.5, 0.6) is 0 Å². The van der Waals surface area contributed by atoms with Crippen molar-refractivity contribution in [2.75, 3.05) is 6.61 Å². The molecule has 1 saturated heterocycles. The molecule has 3 aromatic rings. The van der Waals surface area contributed by atoms with Crippen LogP contribution in [0.1, 0.15) is 67.7 Å². The molecule has 4 atom stereocenters. The third kappa shape index (κ3) is 5.86. The minimum atomic E-state index is -3.10. The molecule has 1 unspecified atom stereocenters. The van der Waals surface area contributed by atoms with Crippen LogP contribution in [0.25, 0.3) is 22.4 Å². The van der Waals surface area contributed by atoms with Crippen molar-refractivity contribution in [3.05, 3.63) is 52.6 Å². The van der Waals surface area contributed by atoms with E-state index in [-0.39, 0.29) is 37.5 Å². The molecule has 1 fully saturated rings. The van der Waals surface area contributed by atoms with Crippen molar-refractivity contribution in [1.82, 2.24) is 9.55 Å². The number of aromatic nitrogens is 2. The minimum Gasteiger partial charge on any atom is -0.462 e. The van der Waals surface area contributed by atoms with Gasteiger partial charge < -0.3 is 24.7 Å². The molecule has 0 bridgehead atoms. The van der Waals surface area contributed by atoms with Crippen LogP contribution in [-0.4, -0.2) is 45.5 Å². The summed E-state index contributed by atoms with van der Waals surface area (Å²) in [6.45, 7) is 0.257. The van der Waals surface area contributed by atoms with E-state index in [0.717, 1.165) is 0 Å². The number of hydrogen-bond donors (Lipinski definition) is 2. The van der Waals surface area contributed by atoms with Crippen LogP contribution in [0.15, 0.2) is 45.7 Å². The van der Waals surface area contributed by atoms with Gasteiger partial charge in [0, 0.05) is 27.8 Å². The first-order chi connectivity index (χ1) is 19.9. The fraction of sp³-hybridized carbons (Fsp3) is 0.519. The summed E-state index contributed by atoms with van der Waals surface area (Å²) in [7, 11) is 0. The van der Waals surface area contributed by atoms with Gasteiger partial charge in [0.15, 0.2) is 0 Å². The number of fused-ring (bicyclic) bond motifs is 1. The SMILES string of the molecule is [2H]C([2H])([2H])C([2H])([2H])C([2H])([2H])CCc1ccc(-c2cc3cn([C@H]4CC(O)[C@H](COC(=O)[C@@H](N)C(C)C)O4)c(=O)nc3o2)cc1. The second-order valence-electron chi connectivity index (χ2n) is 9.13. The standard InChI is InChI=1S/C27H35N3O6/c1-4-5-6-7-17-8-10-18(11-9-17)21-12-19-14-30(27(33)29-25(19)36-21)23-13-20(31)22(35-23)15-34-26(32)24(28)16(2)3/h8-12,14,16,20,22-24,31H,4-7,13,15,28H2,1-3H3/t20?,22-,23+,24-/m0/s1/i1D3,4D2,5D2. The molecule has 4 rings (SSSR count). The minimum absolute atomic E-state index is 0.0730. The molecular weight excluding hydrogens is 462 g/mol.